The lowest BCUT2D eigenvalue weighted by Crippen LogP contribution is -2.51. The number of rotatable bonds is 3. The molecule has 0 radical (unpaired) electrons. The summed E-state index contributed by atoms with van der Waals surface area (Å²) in [6, 6.07) is 19.7. The van der Waals surface area contributed by atoms with E-state index in [0.29, 0.717) is 0 Å². The van der Waals surface area contributed by atoms with Gasteiger partial charge < -0.3 is 41.5 Å². The molecule has 8 N–H and O–H groups in total. The summed E-state index contributed by atoms with van der Waals surface area (Å²) in [7, 11) is 0. The summed E-state index contributed by atoms with van der Waals surface area (Å²) in [6.07, 6.45) is -4.88. The highest BCUT2D eigenvalue weighted by molar-refractivity contribution is 5.80. The van der Waals surface area contributed by atoms with E-state index in [1.165, 1.54) is 0 Å². The Morgan fingerprint density at radius 2 is 0.958 bits per heavy atom. The van der Waals surface area contributed by atoms with Crippen molar-refractivity contribution in [3.05, 3.63) is 60.7 Å². The molecule has 24 heavy (non-hydrogen) atoms. The highest BCUT2D eigenvalue weighted by atomic mass is 16.4. The molecule has 0 amide bonds. The minimum atomic E-state index is -2.44. The Balaban J connectivity index is 0.000000337. The lowest BCUT2D eigenvalue weighted by atomic mass is 10.2. The monoisotopic (exact) mass is 336 g/mol. The number of carbonyl (C=O) groups is 2. The fourth-order valence-corrected chi connectivity index (χ4v) is 1.21. The molecule has 8 heteroatoms. The molecule has 8 nitrogen and oxygen atoms in total. The van der Waals surface area contributed by atoms with Crippen molar-refractivity contribution in [3.8, 4) is 0 Å². The minimum Gasteiger partial charge on any atom is -0.547 e. The maximum absolute atomic E-state index is 9.63. The third-order valence-corrected chi connectivity index (χ3v) is 2.47. The van der Waals surface area contributed by atoms with Gasteiger partial charge in [-0.05, 0) is 24.3 Å². The standard InChI is InChI=1S/2C6H7N.C4H6O6/c2*7-6-4-2-1-3-5-6;5-1(3(7)8)2(6)4(9)10/h2*1-5H,7H2;1-2,5-6H,(H,7,8)(H,9,10)/t;;1-,2-/m..1/s1. The number of hydrogen-bond acceptors (Lipinski definition) is 6. The zero-order valence-corrected chi connectivity index (χ0v) is 12.9. The predicted octanol–water partition coefficient (Wildman–Crippen LogP) is -3.67. The maximum Gasteiger partial charge on any atom is 0.127 e. The summed E-state index contributed by atoms with van der Waals surface area (Å²) in [5.74, 6) is -4.12. The predicted molar refractivity (Wildman–Crippen MR) is 80.0 cm³/mol. The topological polar surface area (TPSA) is 176 Å². The van der Waals surface area contributed by atoms with Gasteiger partial charge in [-0.15, -0.1) is 0 Å². The lowest BCUT2D eigenvalue weighted by molar-refractivity contribution is -0.333. The molecule has 2 rings (SSSR count). The van der Waals surface area contributed by atoms with Crippen molar-refractivity contribution in [2.45, 2.75) is 12.2 Å². The number of aliphatic hydroxyl groups excluding tert-OH is 2. The van der Waals surface area contributed by atoms with Crippen LogP contribution in [0.3, 0.4) is 0 Å². The maximum atomic E-state index is 9.63. The molecule has 0 aliphatic heterocycles. The van der Waals surface area contributed by atoms with Gasteiger partial charge in [-0.2, -0.15) is 0 Å². The first-order valence-electron chi connectivity index (χ1n) is 6.77. The van der Waals surface area contributed by atoms with Gasteiger partial charge in [-0.25, -0.2) is 0 Å². The van der Waals surface area contributed by atoms with Gasteiger partial charge in [-0.1, -0.05) is 36.4 Å². The number of aliphatic carboxylic acids is 2. The Labute approximate surface area is 138 Å². The summed E-state index contributed by atoms with van der Waals surface area (Å²) in [5, 5.41) is 35.7. The third kappa shape index (κ3) is 10.0. The summed E-state index contributed by atoms with van der Waals surface area (Å²) in [4.78, 5) is 19.3. The zero-order valence-electron chi connectivity index (χ0n) is 12.9. The first-order chi connectivity index (χ1) is 11.3. The Morgan fingerprint density at radius 1 is 0.708 bits per heavy atom. The quantitative estimate of drug-likeness (QED) is 0.449. The second-order valence-corrected chi connectivity index (χ2v) is 4.50. The highest BCUT2D eigenvalue weighted by Crippen LogP contribution is 1.94. The Hall–Kier alpha value is -2.78. The number of hydrogen-bond donors (Lipinski definition) is 4. The van der Waals surface area contributed by atoms with E-state index < -0.39 is 24.1 Å². The number of aliphatic hydroxyl groups is 2. The summed E-state index contributed by atoms with van der Waals surface area (Å²) in [6.45, 7) is 0. The van der Waals surface area contributed by atoms with E-state index in [2.05, 4.69) is 11.5 Å². The Kier molecular flexibility index (Phi) is 10.4. The first kappa shape index (κ1) is 21.2. The van der Waals surface area contributed by atoms with Gasteiger partial charge in [0.1, 0.15) is 23.6 Å². The molecular formula is C16H20N2O6. The van der Waals surface area contributed by atoms with Crippen LogP contribution in [0.25, 0.3) is 0 Å². The van der Waals surface area contributed by atoms with Crippen LogP contribution in [0, 0.1) is 0 Å². The molecule has 0 spiro atoms. The van der Waals surface area contributed by atoms with Crippen LogP contribution in [0.2, 0.25) is 0 Å². The van der Waals surface area contributed by atoms with E-state index >= 15 is 0 Å². The van der Waals surface area contributed by atoms with Crippen LogP contribution >= 0.6 is 0 Å². The van der Waals surface area contributed by atoms with E-state index in [-0.39, 0.29) is 0 Å². The largest absolute Gasteiger partial charge is 0.547 e. The van der Waals surface area contributed by atoms with E-state index in [0.717, 1.165) is 11.4 Å². The molecule has 0 saturated heterocycles. The van der Waals surface area contributed by atoms with Crippen molar-refractivity contribution >= 4 is 23.3 Å². The minimum absolute atomic E-state index is 1.07. The van der Waals surface area contributed by atoms with Gasteiger partial charge in [-0.3, -0.25) is 0 Å². The average Bonchev–Trinajstić information content (AvgIpc) is 2.56. The molecule has 0 aliphatic carbocycles. The molecule has 0 fully saturated rings. The van der Waals surface area contributed by atoms with Crippen LogP contribution in [0.1, 0.15) is 0 Å². The van der Waals surface area contributed by atoms with Gasteiger partial charge >= 0.3 is 0 Å². The SMILES string of the molecule is O=C([O-])[C@H](O)[C@@H](O)C(=O)[O-].[NH3+]c1ccccc1.[NH3+]c1ccccc1. The van der Waals surface area contributed by atoms with Crippen molar-refractivity contribution < 1.29 is 41.5 Å². The Morgan fingerprint density at radius 3 is 1.08 bits per heavy atom. The molecule has 0 aliphatic rings. The molecule has 0 aromatic heterocycles. The summed E-state index contributed by atoms with van der Waals surface area (Å²) in [5.41, 5.74) is 9.58. The summed E-state index contributed by atoms with van der Waals surface area (Å²) >= 11 is 0. The van der Waals surface area contributed by atoms with Crippen LogP contribution in [0.5, 0.6) is 0 Å². The smallest absolute Gasteiger partial charge is 0.127 e. The van der Waals surface area contributed by atoms with Crippen molar-refractivity contribution in [2.75, 3.05) is 0 Å². The number of carboxylic acid groups (broad SMARTS) is 2. The number of benzene rings is 2. The van der Waals surface area contributed by atoms with Crippen molar-refractivity contribution in [1.82, 2.24) is 0 Å². The van der Waals surface area contributed by atoms with Gasteiger partial charge in [0.15, 0.2) is 0 Å². The third-order valence-electron chi connectivity index (χ3n) is 2.47. The van der Waals surface area contributed by atoms with Crippen molar-refractivity contribution in [2.24, 2.45) is 0 Å². The zero-order chi connectivity index (χ0) is 18.5. The van der Waals surface area contributed by atoms with Gasteiger partial charge in [0, 0.05) is 0 Å². The van der Waals surface area contributed by atoms with Gasteiger partial charge in [0.25, 0.3) is 0 Å². The number of carbonyl (C=O) groups excluding carboxylic acids is 2. The second kappa shape index (κ2) is 11.7. The normalized spacial score (nSPS) is 11.7. The van der Waals surface area contributed by atoms with Crippen LogP contribution in [0.15, 0.2) is 60.7 Å². The van der Waals surface area contributed by atoms with Gasteiger partial charge in [0.05, 0.1) is 11.9 Å². The molecule has 0 heterocycles. The molecule has 2 aromatic carbocycles. The summed E-state index contributed by atoms with van der Waals surface area (Å²) < 4.78 is 0. The first-order valence-corrected chi connectivity index (χ1v) is 6.77. The molecule has 130 valence electrons. The fourth-order valence-electron chi connectivity index (χ4n) is 1.21. The van der Waals surface area contributed by atoms with Crippen LogP contribution in [0.4, 0.5) is 11.4 Å². The fraction of sp³-hybridized carbons (Fsp3) is 0.125. The van der Waals surface area contributed by atoms with Crippen molar-refractivity contribution in [3.63, 3.8) is 0 Å². The molecular weight excluding hydrogens is 316 g/mol. The van der Waals surface area contributed by atoms with Gasteiger partial charge in [0.2, 0.25) is 0 Å². The van der Waals surface area contributed by atoms with E-state index in [1.807, 2.05) is 60.7 Å². The van der Waals surface area contributed by atoms with Crippen LogP contribution in [-0.4, -0.2) is 34.4 Å². The number of carboxylic acids is 2. The van der Waals surface area contributed by atoms with Crippen LogP contribution in [-0.2, 0) is 9.59 Å². The molecule has 0 saturated carbocycles. The Bertz CT molecular complexity index is 551. The van der Waals surface area contributed by atoms with E-state index in [4.69, 9.17) is 10.2 Å². The van der Waals surface area contributed by atoms with Crippen LogP contribution < -0.4 is 21.7 Å². The van der Waals surface area contributed by atoms with Crippen molar-refractivity contribution in [1.29, 1.82) is 0 Å². The van der Waals surface area contributed by atoms with E-state index in [9.17, 15) is 19.8 Å². The highest BCUT2D eigenvalue weighted by Gasteiger charge is 2.17. The number of quaternary nitrogens is 2. The molecule has 2 aromatic rings. The second-order valence-electron chi connectivity index (χ2n) is 4.50. The molecule has 0 unspecified atom stereocenters. The lowest BCUT2D eigenvalue weighted by Gasteiger charge is -2.18. The average molecular weight is 336 g/mol. The van der Waals surface area contributed by atoms with E-state index in [1.54, 1.807) is 0 Å². The molecule has 2 atom stereocenters. The molecule has 0 bridgehead atoms.